The van der Waals surface area contributed by atoms with Gasteiger partial charge < -0.3 is 15.2 Å². The van der Waals surface area contributed by atoms with Crippen LogP contribution in [0.25, 0.3) is 0 Å². The third kappa shape index (κ3) is 3.32. The van der Waals surface area contributed by atoms with Gasteiger partial charge in [0.05, 0.1) is 5.69 Å². The van der Waals surface area contributed by atoms with Gasteiger partial charge in [0.15, 0.2) is 0 Å². The van der Waals surface area contributed by atoms with E-state index >= 15 is 0 Å². The Kier molecular flexibility index (Phi) is 5.04. The van der Waals surface area contributed by atoms with Crippen LogP contribution < -0.4 is 10.6 Å². The molecule has 2 unspecified atom stereocenters. The molecule has 1 aromatic heterocycles. The molecule has 1 heterocycles. The summed E-state index contributed by atoms with van der Waals surface area (Å²) >= 11 is 0. The number of amides is 2. The number of hydrogen-bond acceptors (Lipinski definition) is 3. The Morgan fingerprint density at radius 3 is 2.75 bits per heavy atom. The molecular formula is C15H25N3O2. The molecule has 0 saturated heterocycles. The molecule has 1 aromatic rings. The van der Waals surface area contributed by atoms with Gasteiger partial charge in [0, 0.05) is 24.6 Å². The van der Waals surface area contributed by atoms with E-state index in [1.165, 1.54) is 12.8 Å². The van der Waals surface area contributed by atoms with Crippen LogP contribution in [-0.4, -0.2) is 17.2 Å². The van der Waals surface area contributed by atoms with Gasteiger partial charge in [-0.2, -0.15) is 0 Å². The second-order valence-corrected chi connectivity index (χ2v) is 5.58. The highest BCUT2D eigenvalue weighted by Crippen LogP contribution is 2.24. The highest BCUT2D eigenvalue weighted by atomic mass is 16.5. The van der Waals surface area contributed by atoms with Crippen molar-refractivity contribution >= 4 is 6.03 Å². The summed E-state index contributed by atoms with van der Waals surface area (Å²) in [6.45, 7) is 6.76. The zero-order chi connectivity index (χ0) is 14.5. The molecule has 2 rings (SSSR count). The Hall–Kier alpha value is -1.52. The van der Waals surface area contributed by atoms with Crippen molar-refractivity contribution in [2.24, 2.45) is 5.92 Å². The van der Waals surface area contributed by atoms with Crippen LogP contribution in [0.1, 0.15) is 57.1 Å². The lowest BCUT2D eigenvalue weighted by molar-refractivity contribution is 0.234. The Bertz CT molecular complexity index is 434. The molecule has 2 N–H and O–H groups in total. The molecule has 20 heavy (non-hydrogen) atoms. The molecule has 5 heteroatoms. The van der Waals surface area contributed by atoms with Gasteiger partial charge in [-0.05, 0) is 25.2 Å². The Balaban J connectivity index is 1.88. The number of urea groups is 1. The van der Waals surface area contributed by atoms with Gasteiger partial charge in [-0.1, -0.05) is 32.3 Å². The first-order valence-corrected chi connectivity index (χ1v) is 7.66. The lowest BCUT2D eigenvalue weighted by Crippen LogP contribution is -2.43. The first kappa shape index (κ1) is 14.9. The van der Waals surface area contributed by atoms with Gasteiger partial charge in [0.25, 0.3) is 0 Å². The van der Waals surface area contributed by atoms with E-state index in [1.54, 1.807) is 0 Å². The number of hydrogen-bond donors (Lipinski definition) is 2. The van der Waals surface area contributed by atoms with E-state index in [2.05, 4.69) is 22.7 Å². The minimum Gasteiger partial charge on any atom is -0.361 e. The Labute approximate surface area is 120 Å². The fourth-order valence-corrected chi connectivity index (χ4v) is 2.89. The summed E-state index contributed by atoms with van der Waals surface area (Å²) in [7, 11) is 0. The fraction of sp³-hybridized carbons (Fsp3) is 0.733. The first-order chi connectivity index (χ1) is 9.65. The highest BCUT2D eigenvalue weighted by molar-refractivity contribution is 5.74. The maximum atomic E-state index is 12.0. The van der Waals surface area contributed by atoms with Crippen molar-refractivity contribution in [1.82, 2.24) is 15.8 Å². The van der Waals surface area contributed by atoms with Crippen LogP contribution in [0, 0.1) is 5.92 Å². The number of nitrogens with one attached hydrogen (secondary N) is 2. The zero-order valence-electron chi connectivity index (χ0n) is 12.7. The topological polar surface area (TPSA) is 67.2 Å². The van der Waals surface area contributed by atoms with Gasteiger partial charge in [-0.25, -0.2) is 4.79 Å². The zero-order valence-corrected chi connectivity index (χ0v) is 12.7. The fourth-order valence-electron chi connectivity index (χ4n) is 2.89. The van der Waals surface area contributed by atoms with Gasteiger partial charge >= 0.3 is 6.03 Å². The van der Waals surface area contributed by atoms with Gasteiger partial charge in [-0.3, -0.25) is 0 Å². The molecule has 0 aromatic carbocycles. The van der Waals surface area contributed by atoms with E-state index in [0.29, 0.717) is 18.5 Å². The molecule has 0 spiro atoms. The first-order valence-electron chi connectivity index (χ1n) is 7.66. The standard InChI is InChI=1S/C15H25N3O2/c1-4-12-11(14(5-2)20-18-12)9-16-15(19)17-13-8-6-7-10(13)3/h10,13H,4-9H2,1-3H3,(H2,16,17,19). The number of rotatable bonds is 5. The number of aryl methyl sites for hydroxylation is 2. The molecule has 2 atom stereocenters. The largest absolute Gasteiger partial charge is 0.361 e. The van der Waals surface area contributed by atoms with Crippen molar-refractivity contribution in [3.8, 4) is 0 Å². The average Bonchev–Trinajstić information content (AvgIpc) is 3.02. The molecule has 1 saturated carbocycles. The molecule has 1 aliphatic carbocycles. The number of carbonyl (C=O) groups excluding carboxylic acids is 1. The summed E-state index contributed by atoms with van der Waals surface area (Å²) in [5.41, 5.74) is 1.97. The monoisotopic (exact) mass is 279 g/mol. The number of carbonyl (C=O) groups is 1. The van der Waals surface area contributed by atoms with Crippen molar-refractivity contribution < 1.29 is 9.32 Å². The summed E-state index contributed by atoms with van der Waals surface area (Å²) in [5, 5.41) is 10.0. The van der Waals surface area contributed by atoms with Crippen LogP contribution in [0.4, 0.5) is 4.79 Å². The maximum Gasteiger partial charge on any atom is 0.315 e. The highest BCUT2D eigenvalue weighted by Gasteiger charge is 2.24. The van der Waals surface area contributed by atoms with Crippen LogP contribution >= 0.6 is 0 Å². The predicted octanol–water partition coefficient (Wildman–Crippen LogP) is 2.79. The summed E-state index contributed by atoms with van der Waals surface area (Å²) in [5.74, 6) is 1.45. The molecule has 0 radical (unpaired) electrons. The third-order valence-electron chi connectivity index (χ3n) is 4.21. The van der Waals surface area contributed by atoms with Crippen molar-refractivity contribution in [2.75, 3.05) is 0 Å². The lowest BCUT2D eigenvalue weighted by Gasteiger charge is -2.17. The van der Waals surface area contributed by atoms with Crippen molar-refractivity contribution in [3.05, 3.63) is 17.0 Å². The Morgan fingerprint density at radius 2 is 2.15 bits per heavy atom. The van der Waals surface area contributed by atoms with Gasteiger partial charge in [0.1, 0.15) is 5.76 Å². The molecule has 0 aliphatic heterocycles. The normalized spacial score (nSPS) is 21.9. The third-order valence-corrected chi connectivity index (χ3v) is 4.21. The van der Waals surface area contributed by atoms with E-state index in [4.69, 9.17) is 4.52 Å². The molecule has 0 bridgehead atoms. The molecular weight excluding hydrogens is 254 g/mol. The van der Waals surface area contributed by atoms with E-state index in [0.717, 1.165) is 36.3 Å². The molecule has 1 fully saturated rings. The quantitative estimate of drug-likeness (QED) is 0.871. The summed E-state index contributed by atoms with van der Waals surface area (Å²) in [6.07, 6.45) is 5.11. The second-order valence-electron chi connectivity index (χ2n) is 5.58. The lowest BCUT2D eigenvalue weighted by atomic mass is 10.1. The van der Waals surface area contributed by atoms with Crippen LogP contribution in [0.2, 0.25) is 0 Å². The summed E-state index contributed by atoms with van der Waals surface area (Å²) < 4.78 is 5.30. The molecule has 1 aliphatic rings. The van der Waals surface area contributed by atoms with Crippen LogP contribution in [0.3, 0.4) is 0 Å². The summed E-state index contributed by atoms with van der Waals surface area (Å²) in [6, 6.07) is 0.225. The number of nitrogens with zero attached hydrogens (tertiary/aromatic N) is 1. The van der Waals surface area contributed by atoms with Gasteiger partial charge in [0.2, 0.25) is 0 Å². The van der Waals surface area contributed by atoms with E-state index in [9.17, 15) is 4.79 Å². The smallest absolute Gasteiger partial charge is 0.315 e. The predicted molar refractivity (Wildman–Crippen MR) is 77.4 cm³/mol. The average molecular weight is 279 g/mol. The molecule has 5 nitrogen and oxygen atoms in total. The van der Waals surface area contributed by atoms with Crippen LogP contribution in [-0.2, 0) is 19.4 Å². The van der Waals surface area contributed by atoms with Gasteiger partial charge in [-0.15, -0.1) is 0 Å². The minimum atomic E-state index is -0.0888. The van der Waals surface area contributed by atoms with E-state index in [-0.39, 0.29) is 6.03 Å². The van der Waals surface area contributed by atoms with Crippen molar-refractivity contribution in [2.45, 2.75) is 65.5 Å². The van der Waals surface area contributed by atoms with E-state index in [1.807, 2.05) is 13.8 Å². The molecule has 2 amide bonds. The summed E-state index contributed by atoms with van der Waals surface area (Å²) in [4.78, 5) is 12.0. The Morgan fingerprint density at radius 1 is 1.35 bits per heavy atom. The number of aromatic nitrogens is 1. The second kappa shape index (κ2) is 6.77. The SMILES string of the molecule is CCc1noc(CC)c1CNC(=O)NC1CCCC1C. The van der Waals surface area contributed by atoms with Crippen molar-refractivity contribution in [1.29, 1.82) is 0 Å². The van der Waals surface area contributed by atoms with Crippen LogP contribution in [0.15, 0.2) is 4.52 Å². The van der Waals surface area contributed by atoms with Crippen molar-refractivity contribution in [3.63, 3.8) is 0 Å². The maximum absolute atomic E-state index is 12.0. The van der Waals surface area contributed by atoms with E-state index < -0.39 is 0 Å². The molecule has 112 valence electrons. The van der Waals surface area contributed by atoms with Crippen LogP contribution in [0.5, 0.6) is 0 Å². The minimum absolute atomic E-state index is 0.0888.